The van der Waals surface area contributed by atoms with Gasteiger partial charge in [0.15, 0.2) is 0 Å². The smallest absolute Gasteiger partial charge is 0.125 e. The normalized spacial score (nSPS) is 15.0. The van der Waals surface area contributed by atoms with Crippen LogP contribution in [0.25, 0.3) is 10.4 Å². The highest BCUT2D eigenvalue weighted by Gasteiger charge is 2.29. The molecule has 0 saturated heterocycles. The Balaban J connectivity index is 3.49. The Bertz CT molecular complexity index is 609. The van der Waals surface area contributed by atoms with Crippen molar-refractivity contribution in [2.45, 2.75) is 64.6 Å². The van der Waals surface area contributed by atoms with E-state index >= 15 is 0 Å². The molecule has 2 unspecified atom stereocenters. The minimum Gasteiger partial charge on any atom is -0.507 e. The van der Waals surface area contributed by atoms with Crippen LogP contribution in [-0.4, -0.2) is 28.0 Å². The standard InChI is InChI=1S/C17H27N3O3/c1-16(2,3)10-7-11(15(23)13(21)9-19-20-18)14(22)12(8-10)17(4,5)6/h7-8,13,15,21-23H,9H2,1-6H3. The number of azide groups is 1. The molecular formula is C17H27N3O3. The van der Waals surface area contributed by atoms with Crippen molar-refractivity contribution >= 4 is 0 Å². The van der Waals surface area contributed by atoms with Crippen molar-refractivity contribution in [3.8, 4) is 5.75 Å². The molecule has 0 saturated carbocycles. The summed E-state index contributed by atoms with van der Waals surface area (Å²) in [4.78, 5) is 2.58. The van der Waals surface area contributed by atoms with Gasteiger partial charge in [0.1, 0.15) is 11.9 Å². The van der Waals surface area contributed by atoms with Crippen LogP contribution in [0.1, 0.15) is 64.3 Å². The first kappa shape index (κ1) is 19.3. The summed E-state index contributed by atoms with van der Waals surface area (Å²) >= 11 is 0. The van der Waals surface area contributed by atoms with Gasteiger partial charge in [0.2, 0.25) is 0 Å². The van der Waals surface area contributed by atoms with Crippen molar-refractivity contribution in [2.24, 2.45) is 5.11 Å². The quantitative estimate of drug-likeness (QED) is 0.447. The monoisotopic (exact) mass is 321 g/mol. The van der Waals surface area contributed by atoms with Crippen LogP contribution in [0.4, 0.5) is 0 Å². The van der Waals surface area contributed by atoms with Gasteiger partial charge in [-0.3, -0.25) is 0 Å². The maximum atomic E-state index is 10.6. The topological polar surface area (TPSA) is 109 Å². The van der Waals surface area contributed by atoms with E-state index in [2.05, 4.69) is 10.0 Å². The van der Waals surface area contributed by atoms with Gasteiger partial charge in [-0.25, -0.2) is 0 Å². The molecule has 2 atom stereocenters. The van der Waals surface area contributed by atoms with Crippen molar-refractivity contribution in [3.05, 3.63) is 39.3 Å². The molecule has 1 rings (SSSR count). The Morgan fingerprint density at radius 2 is 1.65 bits per heavy atom. The minimum absolute atomic E-state index is 0.0296. The van der Waals surface area contributed by atoms with Crippen molar-refractivity contribution < 1.29 is 15.3 Å². The molecular weight excluding hydrogens is 294 g/mol. The lowest BCUT2D eigenvalue weighted by atomic mass is 9.78. The summed E-state index contributed by atoms with van der Waals surface area (Å²) in [7, 11) is 0. The molecule has 0 bridgehead atoms. The zero-order valence-electron chi connectivity index (χ0n) is 14.7. The molecule has 6 nitrogen and oxygen atoms in total. The second-order valence-corrected chi connectivity index (χ2v) is 7.89. The summed E-state index contributed by atoms with van der Waals surface area (Å²) in [5.41, 5.74) is 9.74. The number of hydrogen-bond donors (Lipinski definition) is 3. The summed E-state index contributed by atoms with van der Waals surface area (Å²) in [5.74, 6) is -0.0296. The average Bonchev–Trinajstić information content (AvgIpc) is 2.41. The van der Waals surface area contributed by atoms with Crippen molar-refractivity contribution in [1.29, 1.82) is 0 Å². The Labute approximate surface area is 137 Å². The molecule has 0 aliphatic rings. The van der Waals surface area contributed by atoms with E-state index in [4.69, 9.17) is 5.53 Å². The van der Waals surface area contributed by atoms with E-state index in [0.29, 0.717) is 5.56 Å². The molecule has 3 N–H and O–H groups in total. The van der Waals surface area contributed by atoms with Crippen LogP contribution >= 0.6 is 0 Å². The lowest BCUT2D eigenvalue weighted by Gasteiger charge is -2.29. The molecule has 0 fully saturated rings. The van der Waals surface area contributed by atoms with E-state index in [1.54, 1.807) is 6.07 Å². The summed E-state index contributed by atoms with van der Waals surface area (Å²) in [6.07, 6.45) is -2.61. The van der Waals surface area contributed by atoms with Crippen LogP contribution in [0.3, 0.4) is 0 Å². The van der Waals surface area contributed by atoms with Crippen molar-refractivity contribution in [2.75, 3.05) is 6.54 Å². The van der Waals surface area contributed by atoms with Gasteiger partial charge in [-0.05, 0) is 33.6 Å². The SMILES string of the molecule is CC(C)(C)c1cc(C(O)C(O)CN=[N+]=[N-])c(O)c(C(C)(C)C)c1. The van der Waals surface area contributed by atoms with E-state index in [1.807, 2.05) is 47.6 Å². The fourth-order valence-electron chi connectivity index (χ4n) is 2.31. The van der Waals surface area contributed by atoms with Crippen molar-refractivity contribution in [1.82, 2.24) is 0 Å². The number of hydrogen-bond acceptors (Lipinski definition) is 4. The van der Waals surface area contributed by atoms with Gasteiger partial charge < -0.3 is 15.3 Å². The molecule has 23 heavy (non-hydrogen) atoms. The van der Waals surface area contributed by atoms with Gasteiger partial charge in [-0.2, -0.15) is 0 Å². The first-order valence-electron chi connectivity index (χ1n) is 7.64. The zero-order valence-corrected chi connectivity index (χ0v) is 14.7. The van der Waals surface area contributed by atoms with Crippen LogP contribution in [-0.2, 0) is 10.8 Å². The van der Waals surface area contributed by atoms with Crippen LogP contribution in [0.5, 0.6) is 5.75 Å². The summed E-state index contributed by atoms with van der Waals surface area (Å²) in [6.45, 7) is 11.8. The number of nitrogens with zero attached hydrogens (tertiary/aromatic N) is 3. The number of aliphatic hydroxyl groups excluding tert-OH is 2. The Kier molecular flexibility index (Phi) is 5.69. The van der Waals surface area contributed by atoms with E-state index in [-0.39, 0.29) is 28.7 Å². The minimum atomic E-state index is -1.33. The second-order valence-electron chi connectivity index (χ2n) is 7.89. The molecule has 0 spiro atoms. The zero-order chi connectivity index (χ0) is 18.0. The number of phenolic OH excluding ortho intramolecular Hbond substituents is 1. The Hall–Kier alpha value is -1.75. The van der Waals surface area contributed by atoms with Gasteiger partial charge in [0, 0.05) is 10.5 Å². The molecule has 128 valence electrons. The first-order valence-corrected chi connectivity index (χ1v) is 7.64. The summed E-state index contributed by atoms with van der Waals surface area (Å²) in [5, 5.41) is 34.2. The maximum absolute atomic E-state index is 10.6. The van der Waals surface area contributed by atoms with Gasteiger partial charge in [-0.15, -0.1) is 0 Å². The second kappa shape index (κ2) is 6.79. The maximum Gasteiger partial charge on any atom is 0.125 e. The molecule has 6 heteroatoms. The van der Waals surface area contributed by atoms with Crippen LogP contribution < -0.4 is 0 Å². The number of aromatic hydroxyl groups is 1. The lowest BCUT2D eigenvalue weighted by Crippen LogP contribution is -2.24. The van der Waals surface area contributed by atoms with E-state index in [0.717, 1.165) is 5.56 Å². The molecule has 0 aliphatic heterocycles. The van der Waals surface area contributed by atoms with Gasteiger partial charge in [0.05, 0.1) is 12.6 Å². The van der Waals surface area contributed by atoms with E-state index in [1.165, 1.54) is 0 Å². The third kappa shape index (κ3) is 4.61. The van der Waals surface area contributed by atoms with E-state index < -0.39 is 12.2 Å². The highest BCUT2D eigenvalue weighted by atomic mass is 16.3. The predicted molar refractivity (Wildman–Crippen MR) is 90.5 cm³/mol. The van der Waals surface area contributed by atoms with E-state index in [9.17, 15) is 15.3 Å². The summed E-state index contributed by atoms with van der Waals surface area (Å²) in [6, 6.07) is 3.64. The Morgan fingerprint density at radius 1 is 1.09 bits per heavy atom. The van der Waals surface area contributed by atoms with Crippen LogP contribution in [0.2, 0.25) is 0 Å². The molecule has 0 aliphatic carbocycles. The van der Waals surface area contributed by atoms with Gasteiger partial charge in [-0.1, -0.05) is 52.7 Å². The Morgan fingerprint density at radius 3 is 2.09 bits per heavy atom. The fourth-order valence-corrected chi connectivity index (χ4v) is 2.31. The number of aliphatic hydroxyl groups is 2. The molecule has 1 aromatic rings. The van der Waals surface area contributed by atoms with Crippen molar-refractivity contribution in [3.63, 3.8) is 0 Å². The summed E-state index contributed by atoms with van der Waals surface area (Å²) < 4.78 is 0. The molecule has 0 radical (unpaired) electrons. The largest absolute Gasteiger partial charge is 0.507 e. The molecule has 0 aromatic heterocycles. The average molecular weight is 321 g/mol. The molecule has 1 aromatic carbocycles. The van der Waals surface area contributed by atoms with Gasteiger partial charge >= 0.3 is 0 Å². The third-order valence-electron chi connectivity index (χ3n) is 3.83. The molecule has 0 heterocycles. The highest BCUT2D eigenvalue weighted by molar-refractivity contribution is 5.49. The lowest BCUT2D eigenvalue weighted by molar-refractivity contribution is 0.0228. The highest BCUT2D eigenvalue weighted by Crippen LogP contribution is 2.40. The van der Waals surface area contributed by atoms with Crippen LogP contribution in [0.15, 0.2) is 17.2 Å². The number of rotatable bonds is 4. The van der Waals surface area contributed by atoms with Crippen LogP contribution in [0, 0.1) is 0 Å². The first-order chi connectivity index (χ1) is 10.4. The molecule has 0 amide bonds. The number of phenols is 1. The van der Waals surface area contributed by atoms with Gasteiger partial charge in [0.25, 0.3) is 0 Å². The number of benzene rings is 1. The predicted octanol–water partition coefficient (Wildman–Crippen LogP) is 3.69. The fraction of sp³-hybridized carbons (Fsp3) is 0.647. The third-order valence-corrected chi connectivity index (χ3v) is 3.83.